The highest BCUT2D eigenvalue weighted by Gasteiger charge is 2.12. The van der Waals surface area contributed by atoms with Crippen LogP contribution in [0.4, 0.5) is 4.39 Å². The molecule has 94 valence electrons. The molecule has 0 spiro atoms. The van der Waals surface area contributed by atoms with Gasteiger partial charge in [0, 0.05) is 15.9 Å². The molecule has 0 aliphatic rings. The van der Waals surface area contributed by atoms with E-state index in [0.29, 0.717) is 10.6 Å². The van der Waals surface area contributed by atoms with Crippen molar-refractivity contribution in [3.63, 3.8) is 0 Å². The highest BCUT2D eigenvalue weighted by atomic mass is 79.9. The van der Waals surface area contributed by atoms with E-state index in [9.17, 15) is 9.50 Å². The van der Waals surface area contributed by atoms with Crippen molar-refractivity contribution in [3.8, 4) is 0 Å². The Labute approximate surface area is 118 Å². The van der Waals surface area contributed by atoms with Gasteiger partial charge in [-0.1, -0.05) is 39.7 Å². The van der Waals surface area contributed by atoms with Crippen LogP contribution in [0, 0.1) is 5.82 Å². The Kier molecular flexibility index (Phi) is 4.38. The molecule has 0 amide bonds. The maximum Gasteiger partial charge on any atom is 0.126 e. The summed E-state index contributed by atoms with van der Waals surface area (Å²) in [4.78, 5) is 0. The van der Waals surface area contributed by atoms with Crippen LogP contribution in [0.2, 0.25) is 5.02 Å². The first-order valence-electron chi connectivity index (χ1n) is 5.44. The summed E-state index contributed by atoms with van der Waals surface area (Å²) in [6.45, 7) is 0. The Morgan fingerprint density at radius 2 is 2.00 bits per heavy atom. The molecule has 0 saturated carbocycles. The van der Waals surface area contributed by atoms with E-state index in [4.69, 9.17) is 11.6 Å². The number of benzene rings is 2. The SMILES string of the molecule is OC(Cc1cc(Cl)ccc1F)c1cccc(Br)c1. The maximum absolute atomic E-state index is 13.5. The molecule has 0 heterocycles. The van der Waals surface area contributed by atoms with Crippen molar-refractivity contribution in [3.05, 3.63) is 68.9 Å². The van der Waals surface area contributed by atoms with Gasteiger partial charge in [-0.25, -0.2) is 4.39 Å². The van der Waals surface area contributed by atoms with Crippen LogP contribution in [-0.4, -0.2) is 5.11 Å². The zero-order valence-corrected chi connectivity index (χ0v) is 11.7. The van der Waals surface area contributed by atoms with Crippen molar-refractivity contribution in [2.24, 2.45) is 0 Å². The standard InChI is InChI=1S/C14H11BrClFO/c15-11-3-1-2-9(6-11)14(18)8-10-7-12(16)4-5-13(10)17/h1-7,14,18H,8H2. The first kappa shape index (κ1) is 13.5. The van der Waals surface area contributed by atoms with Gasteiger partial charge in [-0.15, -0.1) is 0 Å². The van der Waals surface area contributed by atoms with Gasteiger partial charge < -0.3 is 5.11 Å². The van der Waals surface area contributed by atoms with E-state index in [1.54, 1.807) is 6.07 Å². The zero-order valence-electron chi connectivity index (χ0n) is 9.41. The number of aliphatic hydroxyl groups is 1. The molecule has 0 radical (unpaired) electrons. The summed E-state index contributed by atoms with van der Waals surface area (Å²) in [6, 6.07) is 11.7. The van der Waals surface area contributed by atoms with E-state index < -0.39 is 6.10 Å². The summed E-state index contributed by atoms with van der Waals surface area (Å²) < 4.78 is 14.4. The van der Waals surface area contributed by atoms with Gasteiger partial charge in [-0.3, -0.25) is 0 Å². The monoisotopic (exact) mass is 328 g/mol. The Morgan fingerprint density at radius 3 is 2.72 bits per heavy atom. The second-order valence-corrected chi connectivity index (χ2v) is 5.36. The van der Waals surface area contributed by atoms with Gasteiger partial charge in [0.05, 0.1) is 6.10 Å². The quantitative estimate of drug-likeness (QED) is 0.878. The van der Waals surface area contributed by atoms with E-state index in [1.165, 1.54) is 18.2 Å². The van der Waals surface area contributed by atoms with Gasteiger partial charge in [0.2, 0.25) is 0 Å². The van der Waals surface area contributed by atoms with Crippen molar-refractivity contribution < 1.29 is 9.50 Å². The lowest BCUT2D eigenvalue weighted by atomic mass is 10.0. The molecule has 4 heteroatoms. The second-order valence-electron chi connectivity index (χ2n) is 4.01. The van der Waals surface area contributed by atoms with Gasteiger partial charge in [0.1, 0.15) is 5.82 Å². The molecule has 2 aromatic rings. The summed E-state index contributed by atoms with van der Waals surface area (Å²) in [6.07, 6.45) is -0.557. The fraction of sp³-hybridized carbons (Fsp3) is 0.143. The van der Waals surface area contributed by atoms with Crippen molar-refractivity contribution in [1.82, 2.24) is 0 Å². The summed E-state index contributed by atoms with van der Waals surface area (Å²) in [7, 11) is 0. The minimum Gasteiger partial charge on any atom is -0.388 e. The minimum atomic E-state index is -0.754. The predicted molar refractivity (Wildman–Crippen MR) is 74.2 cm³/mol. The zero-order chi connectivity index (χ0) is 13.1. The third kappa shape index (κ3) is 3.31. The van der Waals surface area contributed by atoms with Crippen LogP contribution in [-0.2, 0) is 6.42 Å². The van der Waals surface area contributed by atoms with Gasteiger partial charge in [-0.2, -0.15) is 0 Å². The molecule has 18 heavy (non-hydrogen) atoms. The predicted octanol–water partition coefficient (Wildman–Crippen LogP) is 4.52. The normalized spacial score (nSPS) is 12.4. The molecule has 1 N–H and O–H groups in total. The average molecular weight is 330 g/mol. The van der Waals surface area contributed by atoms with E-state index in [0.717, 1.165) is 10.0 Å². The average Bonchev–Trinajstić information content (AvgIpc) is 2.34. The number of halogens is 3. The smallest absolute Gasteiger partial charge is 0.126 e. The molecule has 1 atom stereocenters. The maximum atomic E-state index is 13.5. The van der Waals surface area contributed by atoms with E-state index in [2.05, 4.69) is 15.9 Å². The lowest BCUT2D eigenvalue weighted by Gasteiger charge is -2.12. The fourth-order valence-electron chi connectivity index (χ4n) is 1.74. The molecule has 1 nitrogen and oxygen atoms in total. The third-order valence-electron chi connectivity index (χ3n) is 2.65. The van der Waals surface area contributed by atoms with Crippen LogP contribution < -0.4 is 0 Å². The Morgan fingerprint density at radius 1 is 1.22 bits per heavy atom. The summed E-state index contributed by atoms with van der Waals surface area (Å²) in [5, 5.41) is 10.5. The van der Waals surface area contributed by atoms with Gasteiger partial charge in [0.25, 0.3) is 0 Å². The van der Waals surface area contributed by atoms with E-state index in [1.807, 2.05) is 18.2 Å². The summed E-state index contributed by atoms with van der Waals surface area (Å²) in [5.74, 6) is -0.353. The topological polar surface area (TPSA) is 20.2 Å². The van der Waals surface area contributed by atoms with Crippen LogP contribution in [0.25, 0.3) is 0 Å². The molecule has 1 unspecified atom stereocenters. The Hall–Kier alpha value is -0.900. The molecule has 0 bridgehead atoms. The van der Waals surface area contributed by atoms with E-state index >= 15 is 0 Å². The van der Waals surface area contributed by atoms with Crippen molar-refractivity contribution in [2.45, 2.75) is 12.5 Å². The second kappa shape index (κ2) is 5.83. The molecule has 0 aliphatic heterocycles. The van der Waals surface area contributed by atoms with Crippen LogP contribution >= 0.6 is 27.5 Å². The van der Waals surface area contributed by atoms with Crippen LogP contribution in [0.3, 0.4) is 0 Å². The molecule has 2 aromatic carbocycles. The summed E-state index contributed by atoms with van der Waals surface area (Å²) in [5.41, 5.74) is 1.15. The van der Waals surface area contributed by atoms with Crippen molar-refractivity contribution in [2.75, 3.05) is 0 Å². The highest BCUT2D eigenvalue weighted by molar-refractivity contribution is 9.10. The third-order valence-corrected chi connectivity index (χ3v) is 3.38. The summed E-state index contributed by atoms with van der Waals surface area (Å²) >= 11 is 9.15. The molecular weight excluding hydrogens is 319 g/mol. The van der Waals surface area contributed by atoms with Gasteiger partial charge in [0.15, 0.2) is 0 Å². The lowest BCUT2D eigenvalue weighted by Crippen LogP contribution is -2.03. The fourth-order valence-corrected chi connectivity index (χ4v) is 2.35. The van der Waals surface area contributed by atoms with Gasteiger partial charge in [-0.05, 0) is 41.5 Å². The molecule has 0 fully saturated rings. The molecular formula is C14H11BrClFO. The number of rotatable bonds is 3. The molecule has 0 aromatic heterocycles. The minimum absolute atomic E-state index is 0.197. The molecule has 2 rings (SSSR count). The highest BCUT2D eigenvalue weighted by Crippen LogP contribution is 2.24. The lowest BCUT2D eigenvalue weighted by molar-refractivity contribution is 0.177. The van der Waals surface area contributed by atoms with Crippen LogP contribution in [0.1, 0.15) is 17.2 Å². The first-order chi connectivity index (χ1) is 8.56. The first-order valence-corrected chi connectivity index (χ1v) is 6.61. The molecule has 0 saturated heterocycles. The Bertz CT molecular complexity index is 559. The van der Waals surface area contributed by atoms with Crippen LogP contribution in [0.15, 0.2) is 46.9 Å². The number of hydrogen-bond donors (Lipinski definition) is 1. The Balaban J connectivity index is 2.21. The van der Waals surface area contributed by atoms with Crippen LogP contribution in [0.5, 0.6) is 0 Å². The van der Waals surface area contributed by atoms with Crippen molar-refractivity contribution >= 4 is 27.5 Å². The van der Waals surface area contributed by atoms with E-state index in [-0.39, 0.29) is 12.2 Å². The molecule has 0 aliphatic carbocycles. The van der Waals surface area contributed by atoms with Gasteiger partial charge >= 0.3 is 0 Å². The largest absolute Gasteiger partial charge is 0.388 e. The van der Waals surface area contributed by atoms with Crippen molar-refractivity contribution in [1.29, 1.82) is 0 Å². The number of hydrogen-bond acceptors (Lipinski definition) is 1. The number of aliphatic hydroxyl groups excluding tert-OH is 1.